The molecule has 37 heavy (non-hydrogen) atoms. The van der Waals surface area contributed by atoms with Crippen LogP contribution in [-0.2, 0) is 15.0 Å². The van der Waals surface area contributed by atoms with Gasteiger partial charge in [0.25, 0.3) is 5.91 Å². The Hall–Kier alpha value is -2.62. The van der Waals surface area contributed by atoms with Crippen LogP contribution in [0, 0.1) is 0 Å². The number of rotatable bonds is 5. The number of carbonyl (C=O) groups is 3. The van der Waals surface area contributed by atoms with Crippen LogP contribution >= 0.6 is 0 Å². The molecular weight excluding hydrogens is 487 g/mol. The van der Waals surface area contributed by atoms with Crippen molar-refractivity contribution in [3.05, 3.63) is 35.4 Å². The molecule has 1 saturated carbocycles. The molecule has 1 aliphatic carbocycles. The summed E-state index contributed by atoms with van der Waals surface area (Å²) in [5.41, 5.74) is 2.04. The number of benzene rings is 1. The third-order valence-electron chi connectivity index (χ3n) is 6.80. The van der Waals surface area contributed by atoms with Gasteiger partial charge in [0.1, 0.15) is 0 Å². The van der Waals surface area contributed by atoms with Gasteiger partial charge in [-0.3, -0.25) is 9.59 Å². The summed E-state index contributed by atoms with van der Waals surface area (Å²) in [6, 6.07) is 8.32. The van der Waals surface area contributed by atoms with Crippen LogP contribution in [0.2, 0.25) is 0 Å². The smallest absolute Gasteiger partial charge is 0.475 e. The van der Waals surface area contributed by atoms with Gasteiger partial charge in [0.15, 0.2) is 0 Å². The number of carboxylic acid groups (broad SMARTS) is 1. The average Bonchev–Trinajstić information content (AvgIpc) is 3.13. The fourth-order valence-electron chi connectivity index (χ4n) is 4.59. The van der Waals surface area contributed by atoms with Crippen LogP contribution in [0.15, 0.2) is 24.3 Å². The first-order valence-corrected chi connectivity index (χ1v) is 13.0. The second kappa shape index (κ2) is 13.8. The van der Waals surface area contributed by atoms with E-state index in [9.17, 15) is 22.8 Å². The highest BCUT2D eigenvalue weighted by molar-refractivity contribution is 5.94. The van der Waals surface area contributed by atoms with Crippen LogP contribution in [0.3, 0.4) is 0 Å². The van der Waals surface area contributed by atoms with Crippen molar-refractivity contribution in [1.82, 2.24) is 15.1 Å². The molecule has 1 aromatic carbocycles. The maximum atomic E-state index is 13.5. The third kappa shape index (κ3) is 9.98. The molecule has 0 bridgehead atoms. The monoisotopic (exact) mass is 527 g/mol. The number of hydrogen-bond donors (Lipinski definition) is 2. The quantitative estimate of drug-likeness (QED) is 0.546. The number of halogens is 3. The lowest BCUT2D eigenvalue weighted by molar-refractivity contribution is -0.192. The van der Waals surface area contributed by atoms with Gasteiger partial charge in [0, 0.05) is 50.7 Å². The fourth-order valence-corrected chi connectivity index (χ4v) is 4.59. The van der Waals surface area contributed by atoms with Crippen molar-refractivity contribution in [2.45, 2.75) is 83.4 Å². The van der Waals surface area contributed by atoms with E-state index in [1.165, 1.54) is 31.2 Å². The largest absolute Gasteiger partial charge is 0.490 e. The Labute approximate surface area is 217 Å². The lowest BCUT2D eigenvalue weighted by Gasteiger charge is -2.33. The molecule has 10 heteroatoms. The molecule has 2 fully saturated rings. The molecule has 1 aliphatic heterocycles. The molecule has 0 aromatic heterocycles. The van der Waals surface area contributed by atoms with Crippen molar-refractivity contribution in [3.8, 4) is 0 Å². The van der Waals surface area contributed by atoms with Crippen LogP contribution in [-0.4, -0.2) is 77.6 Å². The lowest BCUT2D eigenvalue weighted by Crippen LogP contribution is -2.48. The maximum absolute atomic E-state index is 13.5. The number of nitrogens with one attached hydrogen (secondary N) is 1. The summed E-state index contributed by atoms with van der Waals surface area (Å²) < 4.78 is 31.7. The molecule has 0 spiro atoms. The Balaban J connectivity index is 0.000000604. The molecule has 7 nitrogen and oxygen atoms in total. The summed E-state index contributed by atoms with van der Waals surface area (Å²) in [6.07, 6.45) is 2.27. The number of piperazine rings is 1. The van der Waals surface area contributed by atoms with E-state index in [0.29, 0.717) is 13.0 Å². The molecular formula is C27H40F3N3O4. The second-order valence-electron chi connectivity index (χ2n) is 10.7. The summed E-state index contributed by atoms with van der Waals surface area (Å²) >= 11 is 0. The first-order chi connectivity index (χ1) is 17.3. The van der Waals surface area contributed by atoms with Gasteiger partial charge in [-0.15, -0.1) is 0 Å². The second-order valence-corrected chi connectivity index (χ2v) is 10.7. The minimum absolute atomic E-state index is 0.0677. The molecule has 1 aromatic rings. The Morgan fingerprint density at radius 1 is 0.973 bits per heavy atom. The van der Waals surface area contributed by atoms with Crippen molar-refractivity contribution < 1.29 is 32.7 Å². The highest BCUT2D eigenvalue weighted by atomic mass is 19.4. The molecule has 208 valence electrons. The van der Waals surface area contributed by atoms with Crippen LogP contribution in [0.5, 0.6) is 0 Å². The normalized spacial score (nSPS) is 17.3. The fraction of sp³-hybridized carbons (Fsp3) is 0.667. The number of hydrogen-bond acceptors (Lipinski definition) is 4. The van der Waals surface area contributed by atoms with Gasteiger partial charge in [-0.1, -0.05) is 58.6 Å². The van der Waals surface area contributed by atoms with Crippen LogP contribution in [0.25, 0.3) is 0 Å². The van der Waals surface area contributed by atoms with Gasteiger partial charge in [-0.25, -0.2) is 4.79 Å². The molecule has 2 N–H and O–H groups in total. The summed E-state index contributed by atoms with van der Waals surface area (Å²) in [5.74, 6) is -2.51. The predicted molar refractivity (Wildman–Crippen MR) is 135 cm³/mol. The van der Waals surface area contributed by atoms with Crippen molar-refractivity contribution in [1.29, 1.82) is 0 Å². The number of carboxylic acids is 1. The molecule has 1 saturated heterocycles. The maximum Gasteiger partial charge on any atom is 0.490 e. The summed E-state index contributed by atoms with van der Waals surface area (Å²) in [6.45, 7) is 10.3. The van der Waals surface area contributed by atoms with Crippen LogP contribution in [0.4, 0.5) is 13.2 Å². The molecule has 0 unspecified atom stereocenters. The van der Waals surface area contributed by atoms with Gasteiger partial charge in [-0.2, -0.15) is 13.2 Å². The molecule has 1 heterocycles. The Morgan fingerprint density at radius 3 is 1.95 bits per heavy atom. The summed E-state index contributed by atoms with van der Waals surface area (Å²) in [4.78, 5) is 39.1. The number of alkyl halides is 3. The average molecular weight is 528 g/mol. The Morgan fingerprint density at radius 2 is 1.49 bits per heavy atom. The van der Waals surface area contributed by atoms with E-state index in [4.69, 9.17) is 9.90 Å². The van der Waals surface area contributed by atoms with E-state index in [0.717, 1.165) is 44.6 Å². The molecule has 2 aliphatic rings. The lowest BCUT2D eigenvalue weighted by atomic mass is 9.86. The zero-order chi connectivity index (χ0) is 27.6. The van der Waals surface area contributed by atoms with E-state index >= 15 is 0 Å². The van der Waals surface area contributed by atoms with E-state index in [-0.39, 0.29) is 23.3 Å². The molecule has 3 rings (SSSR count). The first-order valence-electron chi connectivity index (χ1n) is 13.0. The Kier molecular flexibility index (Phi) is 11.4. The molecule has 2 amide bonds. The van der Waals surface area contributed by atoms with Crippen LogP contribution < -0.4 is 5.32 Å². The van der Waals surface area contributed by atoms with Crippen molar-refractivity contribution in [2.75, 3.05) is 32.7 Å². The van der Waals surface area contributed by atoms with Crippen molar-refractivity contribution >= 4 is 17.8 Å². The van der Waals surface area contributed by atoms with Gasteiger partial charge >= 0.3 is 12.1 Å². The zero-order valence-electron chi connectivity index (χ0n) is 22.1. The van der Waals surface area contributed by atoms with Crippen LogP contribution in [0.1, 0.15) is 81.6 Å². The van der Waals surface area contributed by atoms with Gasteiger partial charge in [-0.05, 0) is 36.0 Å². The van der Waals surface area contributed by atoms with Crippen molar-refractivity contribution in [2.24, 2.45) is 0 Å². The molecule has 0 atom stereocenters. The minimum atomic E-state index is -5.08. The SMILES string of the molecule is CC(C)(C)c1ccc(C(=O)N(CCC(=O)N2CCNCC2)C2CCCCCC2)cc1.O=C(O)C(F)(F)F. The standard InChI is InChI=1S/C25H39N3O2.C2HF3O2/c1-25(2,3)21-12-10-20(11-13-21)24(30)28(22-8-6-4-5-7-9-22)17-14-23(29)27-18-15-26-16-19-27;3-2(4,5)1(6)7/h10-13,22,26H,4-9,14-19H2,1-3H3;(H,6,7). The molecule has 0 radical (unpaired) electrons. The summed E-state index contributed by atoms with van der Waals surface area (Å²) in [7, 11) is 0. The Bertz CT molecular complexity index is 884. The zero-order valence-corrected chi connectivity index (χ0v) is 22.1. The summed E-state index contributed by atoms with van der Waals surface area (Å²) in [5, 5.41) is 10.4. The number of amides is 2. The number of carbonyl (C=O) groups excluding carboxylic acids is 2. The van der Waals surface area contributed by atoms with E-state index in [1.54, 1.807) is 0 Å². The first kappa shape index (κ1) is 30.6. The van der Waals surface area contributed by atoms with Gasteiger partial charge in [0.05, 0.1) is 0 Å². The van der Waals surface area contributed by atoms with E-state index < -0.39 is 12.1 Å². The highest BCUT2D eigenvalue weighted by Crippen LogP contribution is 2.26. The predicted octanol–water partition coefficient (Wildman–Crippen LogP) is 4.60. The number of nitrogens with zero attached hydrogens (tertiary/aromatic N) is 2. The van der Waals surface area contributed by atoms with Gasteiger partial charge in [0.2, 0.25) is 5.91 Å². The number of aliphatic carboxylic acids is 1. The van der Waals surface area contributed by atoms with Gasteiger partial charge < -0.3 is 20.2 Å². The van der Waals surface area contributed by atoms with E-state index in [2.05, 4.69) is 38.2 Å². The third-order valence-corrected chi connectivity index (χ3v) is 6.80. The van der Waals surface area contributed by atoms with Crippen molar-refractivity contribution in [3.63, 3.8) is 0 Å². The van der Waals surface area contributed by atoms with E-state index in [1.807, 2.05) is 21.9 Å². The highest BCUT2D eigenvalue weighted by Gasteiger charge is 2.38. The topological polar surface area (TPSA) is 90.0 Å². The minimum Gasteiger partial charge on any atom is -0.475 e.